The highest BCUT2D eigenvalue weighted by atomic mass is 19.1. The highest BCUT2D eigenvalue weighted by Crippen LogP contribution is 2.28. The smallest absolute Gasteiger partial charge is 0.322 e. The van der Waals surface area contributed by atoms with Crippen molar-refractivity contribution in [1.82, 2.24) is 24.4 Å². The summed E-state index contributed by atoms with van der Waals surface area (Å²) in [6, 6.07) is 8.86. The van der Waals surface area contributed by atoms with Gasteiger partial charge in [-0.25, -0.2) is 9.37 Å². The Morgan fingerprint density at radius 2 is 2.00 bits per heavy atom. The van der Waals surface area contributed by atoms with Gasteiger partial charge in [-0.3, -0.25) is 9.20 Å². The van der Waals surface area contributed by atoms with Crippen LogP contribution in [0, 0.1) is 12.7 Å². The Hall–Kier alpha value is -3.79. The largest absolute Gasteiger partial charge is 0.324 e. The number of amides is 1. The number of halogens is 1. The van der Waals surface area contributed by atoms with Crippen molar-refractivity contribution in [2.75, 3.05) is 43.4 Å². The number of carbonyl (C=O) groups is 1. The number of pyridine rings is 1. The maximum absolute atomic E-state index is 14.7. The Balaban J connectivity index is 1.42. The molecule has 0 unspecified atom stereocenters. The summed E-state index contributed by atoms with van der Waals surface area (Å²) in [6.45, 7) is 4.96. The molecule has 32 heavy (non-hydrogen) atoms. The first-order chi connectivity index (χ1) is 15.5. The standard InChI is InChI=1S/C22H22FN7O2/c1-14-16(23)11-15(20-26-22(32-27-20)29-9-7-28(2)8-10-29)12-17(14)25-21(31)18-13-24-19-5-3-4-6-30(18)19/h3-6,11-13H,7-10H2,1-2H3,(H,25,31). The molecule has 4 heterocycles. The van der Waals surface area contributed by atoms with E-state index < -0.39 is 11.7 Å². The second-order valence-corrected chi connectivity index (χ2v) is 7.85. The fraction of sp³-hybridized carbons (Fsp3) is 0.273. The van der Waals surface area contributed by atoms with Crippen LogP contribution in [0.25, 0.3) is 17.0 Å². The Kier molecular flexibility index (Phi) is 5.06. The van der Waals surface area contributed by atoms with Gasteiger partial charge in [0, 0.05) is 49.2 Å². The number of aromatic nitrogens is 4. The fourth-order valence-electron chi connectivity index (χ4n) is 3.68. The highest BCUT2D eigenvalue weighted by molar-refractivity contribution is 6.04. The number of nitrogens with one attached hydrogen (secondary N) is 1. The lowest BCUT2D eigenvalue weighted by Gasteiger charge is -2.30. The van der Waals surface area contributed by atoms with Crippen LogP contribution in [0.4, 0.5) is 16.1 Å². The van der Waals surface area contributed by atoms with Crippen molar-refractivity contribution in [3.63, 3.8) is 0 Å². The van der Waals surface area contributed by atoms with Gasteiger partial charge in [-0.2, -0.15) is 4.98 Å². The van der Waals surface area contributed by atoms with E-state index in [0.29, 0.717) is 34.2 Å². The van der Waals surface area contributed by atoms with Crippen molar-refractivity contribution in [3.8, 4) is 11.4 Å². The number of anilines is 2. The predicted octanol–water partition coefficient (Wildman–Crippen LogP) is 2.84. The first-order valence-corrected chi connectivity index (χ1v) is 10.3. The number of imidazole rings is 1. The lowest BCUT2D eigenvalue weighted by molar-refractivity contribution is 0.102. The van der Waals surface area contributed by atoms with E-state index in [2.05, 4.69) is 32.4 Å². The van der Waals surface area contributed by atoms with E-state index in [1.54, 1.807) is 29.7 Å². The molecule has 3 aromatic heterocycles. The topological polar surface area (TPSA) is 91.8 Å². The molecule has 1 aromatic carbocycles. The molecule has 1 aliphatic rings. The van der Waals surface area contributed by atoms with Gasteiger partial charge >= 0.3 is 6.01 Å². The molecule has 10 heteroatoms. The van der Waals surface area contributed by atoms with Crippen LogP contribution in [0.3, 0.4) is 0 Å². The van der Waals surface area contributed by atoms with Gasteiger partial charge in [0.2, 0.25) is 5.82 Å². The molecule has 164 valence electrons. The van der Waals surface area contributed by atoms with Gasteiger partial charge in [0.25, 0.3) is 5.91 Å². The van der Waals surface area contributed by atoms with Crippen LogP contribution in [0.5, 0.6) is 0 Å². The summed E-state index contributed by atoms with van der Waals surface area (Å²) >= 11 is 0. The number of hydrogen-bond acceptors (Lipinski definition) is 7. The fourth-order valence-corrected chi connectivity index (χ4v) is 3.68. The Morgan fingerprint density at radius 3 is 2.81 bits per heavy atom. The quantitative estimate of drug-likeness (QED) is 0.527. The summed E-state index contributed by atoms with van der Waals surface area (Å²) in [5.74, 6) is -0.598. The van der Waals surface area contributed by atoms with Crippen LogP contribution < -0.4 is 10.2 Å². The third-order valence-corrected chi connectivity index (χ3v) is 5.69. The van der Waals surface area contributed by atoms with Crippen molar-refractivity contribution in [3.05, 3.63) is 59.8 Å². The molecule has 1 aliphatic heterocycles. The Labute approximate surface area is 183 Å². The number of fused-ring (bicyclic) bond motifs is 1. The molecule has 0 radical (unpaired) electrons. The maximum atomic E-state index is 14.7. The van der Waals surface area contributed by atoms with Gasteiger partial charge in [0.1, 0.15) is 17.2 Å². The van der Waals surface area contributed by atoms with E-state index in [1.807, 2.05) is 17.0 Å². The first-order valence-electron chi connectivity index (χ1n) is 10.3. The SMILES string of the molecule is Cc1c(F)cc(-c2noc(N3CCN(C)CC3)n2)cc1NC(=O)c1cnc2ccccn12. The number of hydrogen-bond donors (Lipinski definition) is 1. The molecule has 0 saturated carbocycles. The zero-order valence-corrected chi connectivity index (χ0v) is 17.7. The number of piperazine rings is 1. The van der Waals surface area contributed by atoms with Gasteiger partial charge < -0.3 is 19.6 Å². The molecule has 0 bridgehead atoms. The second kappa shape index (κ2) is 8.04. The molecule has 9 nitrogen and oxygen atoms in total. The maximum Gasteiger partial charge on any atom is 0.324 e. The summed E-state index contributed by atoms with van der Waals surface area (Å²) in [5, 5.41) is 6.82. The van der Waals surface area contributed by atoms with E-state index in [0.717, 1.165) is 26.2 Å². The summed E-state index contributed by atoms with van der Waals surface area (Å²) < 4.78 is 21.8. The highest BCUT2D eigenvalue weighted by Gasteiger charge is 2.21. The monoisotopic (exact) mass is 435 g/mol. The van der Waals surface area contributed by atoms with Crippen molar-refractivity contribution >= 4 is 23.3 Å². The molecule has 1 saturated heterocycles. The minimum absolute atomic E-state index is 0.267. The molecule has 0 spiro atoms. The molecule has 1 amide bonds. The van der Waals surface area contributed by atoms with Crippen molar-refractivity contribution in [2.24, 2.45) is 0 Å². The summed E-state index contributed by atoms with van der Waals surface area (Å²) in [5.41, 5.74) is 2.08. The molecule has 5 rings (SSSR count). The van der Waals surface area contributed by atoms with E-state index >= 15 is 0 Å². The lowest BCUT2D eigenvalue weighted by Crippen LogP contribution is -2.44. The summed E-state index contributed by atoms with van der Waals surface area (Å²) in [4.78, 5) is 25.8. The summed E-state index contributed by atoms with van der Waals surface area (Å²) in [7, 11) is 2.06. The van der Waals surface area contributed by atoms with Crippen LogP contribution in [-0.2, 0) is 0 Å². The average Bonchev–Trinajstić information content (AvgIpc) is 3.45. The van der Waals surface area contributed by atoms with E-state index in [9.17, 15) is 9.18 Å². The third-order valence-electron chi connectivity index (χ3n) is 5.69. The molecular weight excluding hydrogens is 413 g/mol. The molecule has 1 fully saturated rings. The lowest BCUT2D eigenvalue weighted by atomic mass is 10.1. The van der Waals surface area contributed by atoms with Gasteiger partial charge in [0.05, 0.1) is 6.20 Å². The molecule has 0 aliphatic carbocycles. The second-order valence-electron chi connectivity index (χ2n) is 7.85. The van der Waals surface area contributed by atoms with Crippen LogP contribution in [-0.4, -0.2) is 63.6 Å². The number of carbonyl (C=O) groups excluding carboxylic acids is 1. The van der Waals surface area contributed by atoms with Crippen LogP contribution >= 0.6 is 0 Å². The van der Waals surface area contributed by atoms with Crippen molar-refractivity contribution < 1.29 is 13.7 Å². The minimum Gasteiger partial charge on any atom is -0.322 e. The van der Waals surface area contributed by atoms with E-state index in [-0.39, 0.29) is 5.82 Å². The van der Waals surface area contributed by atoms with E-state index in [1.165, 1.54) is 12.3 Å². The third kappa shape index (κ3) is 3.69. The average molecular weight is 435 g/mol. The van der Waals surface area contributed by atoms with Gasteiger partial charge in [-0.1, -0.05) is 11.2 Å². The zero-order valence-electron chi connectivity index (χ0n) is 17.7. The number of rotatable bonds is 4. The zero-order chi connectivity index (χ0) is 22.2. The Morgan fingerprint density at radius 1 is 1.19 bits per heavy atom. The summed E-state index contributed by atoms with van der Waals surface area (Å²) in [6.07, 6.45) is 3.24. The van der Waals surface area contributed by atoms with Crippen LogP contribution in [0.15, 0.2) is 47.2 Å². The van der Waals surface area contributed by atoms with E-state index in [4.69, 9.17) is 4.52 Å². The number of benzene rings is 1. The predicted molar refractivity (Wildman–Crippen MR) is 117 cm³/mol. The minimum atomic E-state index is -0.470. The Bertz CT molecular complexity index is 1290. The van der Waals surface area contributed by atoms with Crippen LogP contribution in [0.1, 0.15) is 16.1 Å². The van der Waals surface area contributed by atoms with Gasteiger partial charge in [0.15, 0.2) is 0 Å². The normalized spacial score (nSPS) is 14.8. The number of nitrogens with zero attached hydrogens (tertiary/aromatic N) is 6. The van der Waals surface area contributed by atoms with Crippen molar-refractivity contribution in [2.45, 2.75) is 6.92 Å². The first kappa shape index (κ1) is 20.1. The van der Waals surface area contributed by atoms with Crippen LogP contribution in [0.2, 0.25) is 0 Å². The number of likely N-dealkylation sites (N-methyl/N-ethyl adjacent to an activating group) is 1. The van der Waals surface area contributed by atoms with Gasteiger partial charge in [-0.05, 0) is 38.2 Å². The molecular formula is C22H22FN7O2. The molecule has 4 aromatic rings. The molecule has 0 atom stereocenters. The van der Waals surface area contributed by atoms with Crippen molar-refractivity contribution in [1.29, 1.82) is 0 Å². The van der Waals surface area contributed by atoms with Gasteiger partial charge in [-0.15, -0.1) is 0 Å². The molecule has 1 N–H and O–H groups in total.